The summed E-state index contributed by atoms with van der Waals surface area (Å²) >= 11 is 0. The van der Waals surface area contributed by atoms with Gasteiger partial charge < -0.3 is 22.5 Å². The molecule has 0 aliphatic carbocycles. The van der Waals surface area contributed by atoms with E-state index in [9.17, 15) is 0 Å². The highest BCUT2D eigenvalue weighted by Gasteiger charge is 1.94. The molecule has 0 bridgehead atoms. The summed E-state index contributed by atoms with van der Waals surface area (Å²) in [6, 6.07) is 0. The van der Waals surface area contributed by atoms with Crippen LogP contribution < -0.4 is 22.5 Å². The molecule has 4 nitrogen and oxygen atoms in total. The highest BCUT2D eigenvalue weighted by atomic mass is 14.8. The Labute approximate surface area is 100 Å². The monoisotopic (exact) mass is 230 g/mol. The zero-order valence-corrected chi connectivity index (χ0v) is 10.6. The number of hydrogen-bond acceptors (Lipinski definition) is 4. The maximum absolute atomic E-state index is 5.47. The van der Waals surface area contributed by atoms with Gasteiger partial charge in [0.2, 0.25) is 0 Å². The molecule has 0 aromatic rings. The molecule has 0 aliphatic heterocycles. The van der Waals surface area contributed by atoms with E-state index in [1.165, 1.54) is 38.5 Å². The van der Waals surface area contributed by atoms with Crippen LogP contribution in [0.2, 0.25) is 0 Å². The predicted molar refractivity (Wildman–Crippen MR) is 71.0 cm³/mol. The van der Waals surface area contributed by atoms with E-state index in [0.29, 0.717) is 0 Å². The number of nitrogens with one attached hydrogen (secondary N) is 1. The number of unbranched alkanes of at least 4 members (excludes halogenated alkanes) is 5. The van der Waals surface area contributed by atoms with Gasteiger partial charge in [0.15, 0.2) is 0 Å². The van der Waals surface area contributed by atoms with Gasteiger partial charge in [0.1, 0.15) is 0 Å². The van der Waals surface area contributed by atoms with Crippen LogP contribution in [-0.2, 0) is 0 Å². The molecule has 0 rings (SSSR count). The lowest BCUT2D eigenvalue weighted by molar-refractivity contribution is 0.533. The lowest BCUT2D eigenvalue weighted by Crippen LogP contribution is -2.29. The largest absolute Gasteiger partial charge is 0.330 e. The summed E-state index contributed by atoms with van der Waals surface area (Å²) in [4.78, 5) is 0. The maximum Gasteiger partial charge on any atom is 0.0520 e. The Bertz CT molecular complexity index is 128. The van der Waals surface area contributed by atoms with Crippen molar-refractivity contribution in [2.45, 2.75) is 57.5 Å². The average molecular weight is 230 g/mol. The molecule has 98 valence electrons. The smallest absolute Gasteiger partial charge is 0.0520 e. The molecule has 4 heteroatoms. The summed E-state index contributed by atoms with van der Waals surface area (Å²) in [5.74, 6) is 0. The van der Waals surface area contributed by atoms with Gasteiger partial charge in [-0.2, -0.15) is 0 Å². The molecule has 0 saturated carbocycles. The Balaban J connectivity index is 2.88. The van der Waals surface area contributed by atoms with Crippen LogP contribution in [0.25, 0.3) is 0 Å². The van der Waals surface area contributed by atoms with Gasteiger partial charge in [-0.15, -0.1) is 0 Å². The van der Waals surface area contributed by atoms with Crippen molar-refractivity contribution >= 4 is 0 Å². The molecule has 0 unspecified atom stereocenters. The lowest BCUT2D eigenvalue weighted by atomic mass is 10.1. The van der Waals surface area contributed by atoms with Gasteiger partial charge in [-0.25, -0.2) is 0 Å². The van der Waals surface area contributed by atoms with Crippen LogP contribution >= 0.6 is 0 Å². The van der Waals surface area contributed by atoms with Crippen molar-refractivity contribution in [1.82, 2.24) is 5.32 Å². The first kappa shape index (κ1) is 15.8. The molecule has 0 aliphatic rings. The van der Waals surface area contributed by atoms with E-state index in [0.717, 1.165) is 32.5 Å². The van der Waals surface area contributed by atoms with E-state index >= 15 is 0 Å². The van der Waals surface area contributed by atoms with E-state index in [1.807, 2.05) is 0 Å². The standard InChI is InChI=1S/C12H30N4/c13-9-5-1-2-6-10-16-11-7-3-4-8-12(14)15/h12,16H,1-11,13-15H2. The van der Waals surface area contributed by atoms with Crippen LogP contribution in [0.1, 0.15) is 51.4 Å². The third-order valence-electron chi connectivity index (χ3n) is 2.70. The van der Waals surface area contributed by atoms with Crippen LogP contribution in [0.5, 0.6) is 0 Å². The first-order valence-corrected chi connectivity index (χ1v) is 6.69. The first-order chi connectivity index (χ1) is 7.77. The first-order valence-electron chi connectivity index (χ1n) is 6.69. The van der Waals surface area contributed by atoms with Gasteiger partial charge in [0.05, 0.1) is 6.17 Å². The van der Waals surface area contributed by atoms with E-state index in [4.69, 9.17) is 17.2 Å². The Morgan fingerprint density at radius 1 is 0.750 bits per heavy atom. The van der Waals surface area contributed by atoms with Crippen LogP contribution in [0, 0.1) is 0 Å². The van der Waals surface area contributed by atoms with Crippen molar-refractivity contribution in [1.29, 1.82) is 0 Å². The van der Waals surface area contributed by atoms with Gasteiger partial charge in [0, 0.05) is 0 Å². The normalized spacial score (nSPS) is 11.2. The molecular formula is C12H30N4. The van der Waals surface area contributed by atoms with Crippen molar-refractivity contribution in [3.8, 4) is 0 Å². The molecule has 0 saturated heterocycles. The zero-order chi connectivity index (χ0) is 12.1. The van der Waals surface area contributed by atoms with Crippen LogP contribution in [0.4, 0.5) is 0 Å². The Morgan fingerprint density at radius 2 is 1.31 bits per heavy atom. The van der Waals surface area contributed by atoms with Crippen molar-refractivity contribution in [2.24, 2.45) is 17.2 Å². The fourth-order valence-corrected chi connectivity index (χ4v) is 1.68. The van der Waals surface area contributed by atoms with Gasteiger partial charge >= 0.3 is 0 Å². The van der Waals surface area contributed by atoms with Crippen molar-refractivity contribution < 1.29 is 0 Å². The fraction of sp³-hybridized carbons (Fsp3) is 1.00. The minimum Gasteiger partial charge on any atom is -0.330 e. The van der Waals surface area contributed by atoms with Crippen LogP contribution in [-0.4, -0.2) is 25.8 Å². The van der Waals surface area contributed by atoms with Gasteiger partial charge in [-0.05, 0) is 45.3 Å². The average Bonchev–Trinajstić information content (AvgIpc) is 2.25. The summed E-state index contributed by atoms with van der Waals surface area (Å²) in [6.07, 6.45) is 9.43. The maximum atomic E-state index is 5.47. The number of rotatable bonds is 12. The topological polar surface area (TPSA) is 90.1 Å². The van der Waals surface area contributed by atoms with Crippen LogP contribution in [0.15, 0.2) is 0 Å². The molecule has 7 N–H and O–H groups in total. The summed E-state index contributed by atoms with van der Waals surface area (Å²) in [6.45, 7) is 3.09. The Hall–Kier alpha value is -0.160. The molecule has 0 spiro atoms. The third kappa shape index (κ3) is 13.8. The molecule has 0 aromatic carbocycles. The second-order valence-electron chi connectivity index (χ2n) is 4.47. The summed E-state index contributed by atoms with van der Waals surface area (Å²) in [7, 11) is 0. The van der Waals surface area contributed by atoms with E-state index < -0.39 is 0 Å². The Morgan fingerprint density at radius 3 is 1.88 bits per heavy atom. The minimum atomic E-state index is -0.129. The van der Waals surface area contributed by atoms with E-state index in [1.54, 1.807) is 0 Å². The molecule has 16 heavy (non-hydrogen) atoms. The van der Waals surface area contributed by atoms with E-state index in [2.05, 4.69) is 5.32 Å². The summed E-state index contributed by atoms with van der Waals surface area (Å²) in [5, 5.41) is 3.46. The van der Waals surface area contributed by atoms with Gasteiger partial charge in [-0.3, -0.25) is 0 Å². The molecular weight excluding hydrogens is 200 g/mol. The molecule has 0 amide bonds. The third-order valence-corrected chi connectivity index (χ3v) is 2.70. The number of nitrogens with two attached hydrogens (primary N) is 3. The van der Waals surface area contributed by atoms with Crippen molar-refractivity contribution in [2.75, 3.05) is 19.6 Å². The minimum absolute atomic E-state index is 0.129. The second kappa shape index (κ2) is 12.9. The fourth-order valence-electron chi connectivity index (χ4n) is 1.68. The SMILES string of the molecule is NCCCCCCNCCCCCC(N)N. The lowest BCUT2D eigenvalue weighted by Gasteiger charge is -2.06. The molecule has 0 radical (unpaired) electrons. The van der Waals surface area contributed by atoms with Gasteiger partial charge in [-0.1, -0.05) is 25.7 Å². The number of hydrogen-bond donors (Lipinski definition) is 4. The molecule has 0 aromatic heterocycles. The molecule has 0 fully saturated rings. The molecule has 0 heterocycles. The molecule has 0 atom stereocenters. The van der Waals surface area contributed by atoms with E-state index in [-0.39, 0.29) is 6.17 Å². The highest BCUT2D eigenvalue weighted by Crippen LogP contribution is 2.00. The second-order valence-corrected chi connectivity index (χ2v) is 4.47. The predicted octanol–water partition coefficient (Wildman–Crippen LogP) is 0.899. The summed E-state index contributed by atoms with van der Waals surface area (Å²) in [5.41, 5.74) is 16.4. The zero-order valence-electron chi connectivity index (χ0n) is 10.6. The quantitative estimate of drug-likeness (QED) is 0.296. The van der Waals surface area contributed by atoms with Crippen molar-refractivity contribution in [3.05, 3.63) is 0 Å². The Kier molecular flexibility index (Phi) is 12.8. The van der Waals surface area contributed by atoms with Crippen LogP contribution in [0.3, 0.4) is 0 Å². The van der Waals surface area contributed by atoms with Gasteiger partial charge in [0.25, 0.3) is 0 Å². The highest BCUT2D eigenvalue weighted by molar-refractivity contribution is 4.54. The summed E-state index contributed by atoms with van der Waals surface area (Å²) < 4.78 is 0. The van der Waals surface area contributed by atoms with Crippen molar-refractivity contribution in [3.63, 3.8) is 0 Å².